The SMILES string of the molecule is CCCN(CCN(C)C)C(=O)N1CCOCC1. The van der Waals surface area contributed by atoms with Crippen LogP contribution in [0.5, 0.6) is 0 Å². The molecule has 1 rings (SSSR count). The van der Waals surface area contributed by atoms with Crippen molar-refractivity contribution >= 4 is 6.03 Å². The number of likely N-dealkylation sites (N-methyl/N-ethyl adjacent to an activating group) is 1. The van der Waals surface area contributed by atoms with E-state index in [4.69, 9.17) is 4.74 Å². The molecule has 1 fully saturated rings. The van der Waals surface area contributed by atoms with Crippen LogP contribution in [0, 0.1) is 0 Å². The van der Waals surface area contributed by atoms with Gasteiger partial charge in [0.25, 0.3) is 0 Å². The number of urea groups is 1. The minimum atomic E-state index is 0.164. The average molecular weight is 243 g/mol. The molecule has 0 aromatic carbocycles. The maximum absolute atomic E-state index is 12.3. The summed E-state index contributed by atoms with van der Waals surface area (Å²) >= 11 is 0. The van der Waals surface area contributed by atoms with Crippen LogP contribution in [0.2, 0.25) is 0 Å². The molecule has 0 bridgehead atoms. The van der Waals surface area contributed by atoms with E-state index in [1.165, 1.54) is 0 Å². The van der Waals surface area contributed by atoms with E-state index in [0.717, 1.165) is 39.1 Å². The van der Waals surface area contributed by atoms with Gasteiger partial charge >= 0.3 is 6.03 Å². The molecule has 0 unspecified atom stereocenters. The molecule has 0 aromatic rings. The Morgan fingerprint density at radius 3 is 2.35 bits per heavy atom. The van der Waals surface area contributed by atoms with Crippen molar-refractivity contribution in [1.82, 2.24) is 14.7 Å². The highest BCUT2D eigenvalue weighted by Crippen LogP contribution is 2.04. The molecule has 100 valence electrons. The number of rotatable bonds is 5. The minimum absolute atomic E-state index is 0.164. The van der Waals surface area contributed by atoms with Crippen LogP contribution in [0.4, 0.5) is 4.79 Å². The molecular formula is C12H25N3O2. The lowest BCUT2D eigenvalue weighted by Gasteiger charge is -2.33. The van der Waals surface area contributed by atoms with Crippen molar-refractivity contribution in [3.63, 3.8) is 0 Å². The maximum Gasteiger partial charge on any atom is 0.320 e. The molecule has 5 heteroatoms. The van der Waals surface area contributed by atoms with E-state index in [1.54, 1.807) is 0 Å². The topological polar surface area (TPSA) is 36.0 Å². The molecule has 5 nitrogen and oxygen atoms in total. The van der Waals surface area contributed by atoms with Gasteiger partial charge in [0.1, 0.15) is 0 Å². The first-order valence-electron chi connectivity index (χ1n) is 6.41. The van der Waals surface area contributed by atoms with Crippen LogP contribution in [0.3, 0.4) is 0 Å². The molecular weight excluding hydrogens is 218 g/mol. The van der Waals surface area contributed by atoms with E-state index < -0.39 is 0 Å². The van der Waals surface area contributed by atoms with E-state index in [-0.39, 0.29) is 6.03 Å². The summed E-state index contributed by atoms with van der Waals surface area (Å²) < 4.78 is 5.27. The van der Waals surface area contributed by atoms with Gasteiger partial charge in [0.05, 0.1) is 13.2 Å². The van der Waals surface area contributed by atoms with Crippen molar-refractivity contribution in [1.29, 1.82) is 0 Å². The molecule has 0 aliphatic carbocycles. The Bertz CT molecular complexity index is 228. The molecule has 17 heavy (non-hydrogen) atoms. The minimum Gasteiger partial charge on any atom is -0.378 e. The fraction of sp³-hybridized carbons (Fsp3) is 0.917. The summed E-state index contributed by atoms with van der Waals surface area (Å²) in [6.45, 7) is 7.44. The second kappa shape index (κ2) is 7.50. The van der Waals surface area contributed by atoms with Gasteiger partial charge in [-0.05, 0) is 20.5 Å². The normalized spacial score (nSPS) is 16.4. The van der Waals surface area contributed by atoms with E-state index >= 15 is 0 Å². The number of carbonyl (C=O) groups excluding carboxylic acids is 1. The van der Waals surface area contributed by atoms with Gasteiger partial charge in [-0.2, -0.15) is 0 Å². The first kappa shape index (κ1) is 14.3. The lowest BCUT2D eigenvalue weighted by molar-refractivity contribution is 0.0428. The second-order valence-electron chi connectivity index (χ2n) is 4.67. The molecule has 0 radical (unpaired) electrons. The maximum atomic E-state index is 12.3. The number of nitrogens with zero attached hydrogens (tertiary/aromatic N) is 3. The first-order chi connectivity index (χ1) is 8.15. The monoisotopic (exact) mass is 243 g/mol. The Labute approximate surface area is 104 Å². The van der Waals surface area contributed by atoms with Gasteiger partial charge in [-0.15, -0.1) is 0 Å². The van der Waals surface area contributed by atoms with Crippen LogP contribution < -0.4 is 0 Å². The van der Waals surface area contributed by atoms with Crippen LogP contribution in [0.25, 0.3) is 0 Å². The second-order valence-corrected chi connectivity index (χ2v) is 4.67. The Kier molecular flexibility index (Phi) is 6.29. The van der Waals surface area contributed by atoms with Crippen LogP contribution >= 0.6 is 0 Å². The van der Waals surface area contributed by atoms with Crippen molar-refractivity contribution in [2.45, 2.75) is 13.3 Å². The van der Waals surface area contributed by atoms with Crippen LogP contribution in [0.1, 0.15) is 13.3 Å². The number of carbonyl (C=O) groups is 1. The summed E-state index contributed by atoms with van der Waals surface area (Å²) in [4.78, 5) is 18.2. The third-order valence-corrected chi connectivity index (χ3v) is 2.86. The zero-order chi connectivity index (χ0) is 12.7. The summed E-state index contributed by atoms with van der Waals surface area (Å²) in [7, 11) is 4.06. The van der Waals surface area contributed by atoms with Crippen LogP contribution in [-0.4, -0.2) is 80.8 Å². The highest BCUT2D eigenvalue weighted by Gasteiger charge is 2.21. The Morgan fingerprint density at radius 1 is 1.18 bits per heavy atom. The molecule has 1 aliphatic rings. The van der Waals surface area contributed by atoms with Crippen LogP contribution in [0.15, 0.2) is 0 Å². The summed E-state index contributed by atoms with van der Waals surface area (Å²) in [6, 6.07) is 0.164. The van der Waals surface area contributed by atoms with E-state index in [0.29, 0.717) is 13.2 Å². The van der Waals surface area contributed by atoms with E-state index in [2.05, 4.69) is 11.8 Å². The third-order valence-electron chi connectivity index (χ3n) is 2.86. The average Bonchev–Trinajstić information content (AvgIpc) is 2.34. The number of ether oxygens (including phenoxy) is 1. The predicted molar refractivity (Wildman–Crippen MR) is 68.2 cm³/mol. The van der Waals surface area contributed by atoms with E-state index in [9.17, 15) is 4.79 Å². The standard InChI is InChI=1S/C12H25N3O2/c1-4-5-14(7-6-13(2)3)12(16)15-8-10-17-11-9-15/h4-11H2,1-3H3. The molecule has 1 aliphatic heterocycles. The van der Waals surface area contributed by atoms with Crippen molar-refractivity contribution in [2.24, 2.45) is 0 Å². The lowest BCUT2D eigenvalue weighted by Crippen LogP contribution is -2.49. The molecule has 1 saturated heterocycles. The number of hydrogen-bond donors (Lipinski definition) is 0. The summed E-state index contributed by atoms with van der Waals surface area (Å²) in [5.74, 6) is 0. The Morgan fingerprint density at radius 2 is 1.82 bits per heavy atom. The highest BCUT2D eigenvalue weighted by atomic mass is 16.5. The molecule has 1 heterocycles. The Balaban J connectivity index is 2.46. The molecule has 0 N–H and O–H groups in total. The van der Waals surface area contributed by atoms with Crippen molar-refractivity contribution in [2.75, 3.05) is 60.0 Å². The van der Waals surface area contributed by atoms with Crippen molar-refractivity contribution in [3.8, 4) is 0 Å². The summed E-state index contributed by atoms with van der Waals surface area (Å²) in [5, 5.41) is 0. The summed E-state index contributed by atoms with van der Waals surface area (Å²) in [6.07, 6.45) is 1.00. The molecule has 0 saturated carbocycles. The van der Waals surface area contributed by atoms with Gasteiger partial charge in [0.15, 0.2) is 0 Å². The molecule has 0 aromatic heterocycles. The zero-order valence-corrected chi connectivity index (χ0v) is 11.3. The van der Waals surface area contributed by atoms with Crippen molar-refractivity contribution < 1.29 is 9.53 Å². The van der Waals surface area contributed by atoms with Gasteiger partial charge in [0.2, 0.25) is 0 Å². The van der Waals surface area contributed by atoms with Gasteiger partial charge in [-0.3, -0.25) is 0 Å². The zero-order valence-electron chi connectivity index (χ0n) is 11.3. The largest absolute Gasteiger partial charge is 0.378 e. The number of morpholine rings is 1. The number of amides is 2. The highest BCUT2D eigenvalue weighted by molar-refractivity contribution is 5.74. The first-order valence-corrected chi connectivity index (χ1v) is 6.41. The Hall–Kier alpha value is -0.810. The molecule has 2 amide bonds. The fourth-order valence-corrected chi connectivity index (χ4v) is 1.85. The molecule has 0 spiro atoms. The smallest absolute Gasteiger partial charge is 0.320 e. The fourth-order valence-electron chi connectivity index (χ4n) is 1.85. The van der Waals surface area contributed by atoms with Crippen molar-refractivity contribution in [3.05, 3.63) is 0 Å². The van der Waals surface area contributed by atoms with Gasteiger partial charge in [-0.25, -0.2) is 4.79 Å². The third kappa shape index (κ3) is 4.91. The molecule has 0 atom stereocenters. The van der Waals surface area contributed by atoms with E-state index in [1.807, 2.05) is 23.9 Å². The predicted octanol–water partition coefficient (Wildman–Crippen LogP) is 0.712. The quantitative estimate of drug-likeness (QED) is 0.713. The van der Waals surface area contributed by atoms with Crippen LogP contribution in [-0.2, 0) is 4.74 Å². The lowest BCUT2D eigenvalue weighted by atomic mass is 10.3. The number of hydrogen-bond acceptors (Lipinski definition) is 3. The summed E-state index contributed by atoms with van der Waals surface area (Å²) in [5.41, 5.74) is 0. The van der Waals surface area contributed by atoms with Gasteiger partial charge in [0, 0.05) is 32.7 Å². The van der Waals surface area contributed by atoms with Gasteiger partial charge < -0.3 is 19.4 Å². The van der Waals surface area contributed by atoms with Gasteiger partial charge in [-0.1, -0.05) is 6.92 Å².